The summed E-state index contributed by atoms with van der Waals surface area (Å²) in [5, 5.41) is 5.37. The molecule has 0 spiro atoms. The van der Waals surface area contributed by atoms with E-state index in [2.05, 4.69) is 10.6 Å². The average Bonchev–Trinajstić information content (AvgIpc) is 2.42. The first-order valence-electron chi connectivity index (χ1n) is 6.43. The van der Waals surface area contributed by atoms with Crippen molar-refractivity contribution in [3.63, 3.8) is 0 Å². The summed E-state index contributed by atoms with van der Waals surface area (Å²) in [6.45, 7) is 0.802. The summed E-state index contributed by atoms with van der Waals surface area (Å²) < 4.78 is 48.5. The number of benzene rings is 1. The minimum atomic E-state index is -3.64. The number of rotatable bonds is 3. The van der Waals surface area contributed by atoms with Gasteiger partial charge < -0.3 is 10.6 Å². The molecule has 0 aliphatic carbocycles. The third kappa shape index (κ3) is 3.56. The van der Waals surface area contributed by atoms with E-state index in [9.17, 15) is 22.0 Å². The maximum absolute atomic E-state index is 13.1. The van der Waals surface area contributed by atoms with Crippen LogP contribution >= 0.6 is 12.4 Å². The third-order valence-electron chi connectivity index (χ3n) is 3.71. The van der Waals surface area contributed by atoms with E-state index in [0.29, 0.717) is 13.1 Å². The lowest BCUT2D eigenvalue weighted by atomic mass is 9.95. The largest absolute Gasteiger partial charge is 0.325 e. The van der Waals surface area contributed by atoms with E-state index in [1.807, 2.05) is 0 Å². The molecule has 0 radical (unpaired) electrons. The molecule has 0 saturated carbocycles. The second-order valence-corrected chi connectivity index (χ2v) is 7.43. The van der Waals surface area contributed by atoms with Gasteiger partial charge in [0.25, 0.3) is 0 Å². The number of nitrogens with one attached hydrogen (secondary N) is 2. The maximum atomic E-state index is 13.1. The van der Waals surface area contributed by atoms with Crippen LogP contribution in [-0.4, -0.2) is 38.4 Å². The first-order valence-corrected chi connectivity index (χ1v) is 8.32. The van der Waals surface area contributed by atoms with Crippen molar-refractivity contribution in [2.45, 2.75) is 17.6 Å². The van der Waals surface area contributed by atoms with E-state index < -0.39 is 32.1 Å². The van der Waals surface area contributed by atoms with Gasteiger partial charge in [0.2, 0.25) is 5.91 Å². The molecule has 124 valence electrons. The smallest absolute Gasteiger partial charge is 0.245 e. The molecule has 0 bridgehead atoms. The number of carbonyl (C=O) groups is 1. The van der Waals surface area contributed by atoms with Crippen molar-refractivity contribution in [3.8, 4) is 0 Å². The van der Waals surface area contributed by atoms with Crippen LogP contribution in [0.5, 0.6) is 0 Å². The Hall–Kier alpha value is -1.25. The summed E-state index contributed by atoms with van der Waals surface area (Å²) in [6, 6.07) is 2.89. The van der Waals surface area contributed by atoms with Crippen molar-refractivity contribution in [1.82, 2.24) is 5.32 Å². The van der Waals surface area contributed by atoms with Gasteiger partial charge >= 0.3 is 0 Å². The van der Waals surface area contributed by atoms with E-state index in [-0.39, 0.29) is 30.9 Å². The molecule has 1 heterocycles. The molecule has 1 aromatic carbocycles. The Balaban J connectivity index is 0.00000242. The van der Waals surface area contributed by atoms with Gasteiger partial charge in [-0.25, -0.2) is 17.2 Å². The second kappa shape index (κ2) is 6.89. The highest BCUT2D eigenvalue weighted by Gasteiger charge is 2.48. The van der Waals surface area contributed by atoms with Gasteiger partial charge in [0.15, 0.2) is 26.2 Å². The van der Waals surface area contributed by atoms with Crippen LogP contribution in [0.2, 0.25) is 0 Å². The molecule has 9 heteroatoms. The van der Waals surface area contributed by atoms with Crippen LogP contribution in [0.3, 0.4) is 0 Å². The van der Waals surface area contributed by atoms with Crippen LogP contribution in [-0.2, 0) is 14.6 Å². The minimum absolute atomic E-state index is 0. The Labute approximate surface area is 133 Å². The lowest BCUT2D eigenvalue weighted by Crippen LogP contribution is -2.55. The van der Waals surface area contributed by atoms with Crippen molar-refractivity contribution < 1.29 is 22.0 Å². The lowest BCUT2D eigenvalue weighted by Gasteiger charge is -2.34. The molecule has 1 amide bonds. The van der Waals surface area contributed by atoms with E-state index in [1.165, 1.54) is 6.07 Å². The van der Waals surface area contributed by atoms with Gasteiger partial charge in [0, 0.05) is 18.0 Å². The number of piperidine rings is 1. The molecule has 1 saturated heterocycles. The van der Waals surface area contributed by atoms with Crippen molar-refractivity contribution in [2.75, 3.05) is 24.7 Å². The summed E-state index contributed by atoms with van der Waals surface area (Å²) in [7, 11) is -3.64. The van der Waals surface area contributed by atoms with Gasteiger partial charge in [0.05, 0.1) is 0 Å². The first-order chi connectivity index (χ1) is 9.76. The predicted octanol–water partition coefficient (Wildman–Crippen LogP) is 1.49. The average molecular weight is 355 g/mol. The fraction of sp³-hybridized carbons (Fsp3) is 0.462. The normalized spacial score (nSPS) is 17.4. The summed E-state index contributed by atoms with van der Waals surface area (Å²) in [6.07, 6.45) is 1.30. The van der Waals surface area contributed by atoms with Crippen molar-refractivity contribution in [3.05, 3.63) is 29.8 Å². The molecule has 0 aromatic heterocycles. The van der Waals surface area contributed by atoms with Gasteiger partial charge in [-0.15, -0.1) is 12.4 Å². The van der Waals surface area contributed by atoms with Crippen molar-refractivity contribution in [1.29, 1.82) is 0 Å². The fourth-order valence-corrected chi connectivity index (χ4v) is 3.75. The van der Waals surface area contributed by atoms with Crippen LogP contribution in [0.15, 0.2) is 18.2 Å². The zero-order valence-electron chi connectivity index (χ0n) is 11.9. The first kappa shape index (κ1) is 18.8. The van der Waals surface area contributed by atoms with Gasteiger partial charge in [-0.1, -0.05) is 0 Å². The SMILES string of the molecule is CS(=O)(=O)C1(C(=O)Nc2ccc(F)c(F)c2)CCNCC1.Cl. The van der Waals surface area contributed by atoms with Gasteiger partial charge in [-0.3, -0.25) is 4.79 Å². The Morgan fingerprint density at radius 3 is 2.32 bits per heavy atom. The molecule has 2 rings (SSSR count). The van der Waals surface area contributed by atoms with E-state index in [1.54, 1.807) is 0 Å². The zero-order valence-corrected chi connectivity index (χ0v) is 13.5. The molecule has 2 N–H and O–H groups in total. The number of halogens is 3. The fourth-order valence-electron chi connectivity index (χ4n) is 2.42. The van der Waals surface area contributed by atoms with Crippen LogP contribution in [0.1, 0.15) is 12.8 Å². The van der Waals surface area contributed by atoms with Crippen LogP contribution in [0.25, 0.3) is 0 Å². The summed E-state index contributed by atoms with van der Waals surface area (Å²) in [5.74, 6) is -2.85. The number of anilines is 1. The van der Waals surface area contributed by atoms with Gasteiger partial charge in [-0.05, 0) is 38.1 Å². The highest BCUT2D eigenvalue weighted by Crippen LogP contribution is 2.29. The van der Waals surface area contributed by atoms with Gasteiger partial charge in [0.1, 0.15) is 0 Å². The molecule has 22 heavy (non-hydrogen) atoms. The van der Waals surface area contributed by atoms with E-state index >= 15 is 0 Å². The standard InChI is InChI=1S/C13H16F2N2O3S.ClH/c1-21(19,20)13(4-6-16-7-5-13)12(18)17-9-2-3-10(14)11(15)8-9;/h2-3,8,16H,4-7H2,1H3,(H,17,18);1H. The summed E-state index contributed by atoms with van der Waals surface area (Å²) in [5.41, 5.74) is 0.0282. The Morgan fingerprint density at radius 2 is 1.82 bits per heavy atom. The van der Waals surface area contributed by atoms with E-state index in [4.69, 9.17) is 0 Å². The highest BCUT2D eigenvalue weighted by atomic mass is 35.5. The Kier molecular flexibility index (Phi) is 5.89. The monoisotopic (exact) mass is 354 g/mol. The Bertz CT molecular complexity index is 661. The molecule has 1 aliphatic heterocycles. The predicted molar refractivity (Wildman–Crippen MR) is 81.9 cm³/mol. The topological polar surface area (TPSA) is 75.3 Å². The summed E-state index contributed by atoms with van der Waals surface area (Å²) >= 11 is 0. The minimum Gasteiger partial charge on any atom is -0.325 e. The molecule has 1 aliphatic rings. The number of hydrogen-bond acceptors (Lipinski definition) is 4. The molecule has 5 nitrogen and oxygen atoms in total. The van der Waals surface area contributed by atoms with Crippen LogP contribution in [0, 0.1) is 11.6 Å². The summed E-state index contributed by atoms with van der Waals surface area (Å²) in [4.78, 5) is 12.4. The lowest BCUT2D eigenvalue weighted by molar-refractivity contribution is -0.119. The number of hydrogen-bond donors (Lipinski definition) is 2. The maximum Gasteiger partial charge on any atom is 0.245 e. The van der Waals surface area contributed by atoms with Crippen LogP contribution < -0.4 is 10.6 Å². The highest BCUT2D eigenvalue weighted by molar-refractivity contribution is 7.92. The number of sulfone groups is 1. The number of carbonyl (C=O) groups excluding carboxylic acids is 1. The van der Waals surface area contributed by atoms with Crippen LogP contribution in [0.4, 0.5) is 14.5 Å². The molecule has 0 unspecified atom stereocenters. The third-order valence-corrected chi connectivity index (χ3v) is 5.73. The molecule has 0 atom stereocenters. The molecule has 1 aromatic rings. The van der Waals surface area contributed by atoms with Gasteiger partial charge in [-0.2, -0.15) is 0 Å². The zero-order chi connectivity index (χ0) is 15.7. The molecular weight excluding hydrogens is 338 g/mol. The second-order valence-electron chi connectivity index (χ2n) is 5.10. The van der Waals surface area contributed by atoms with E-state index in [0.717, 1.165) is 18.4 Å². The molecule has 1 fully saturated rings. The van der Waals surface area contributed by atoms with Crippen molar-refractivity contribution >= 4 is 33.8 Å². The van der Waals surface area contributed by atoms with Crippen molar-refractivity contribution in [2.24, 2.45) is 0 Å². The molecular formula is C13H17ClF2N2O3S. The quantitative estimate of drug-likeness (QED) is 0.862. The number of amides is 1. The Morgan fingerprint density at radius 1 is 1.23 bits per heavy atom.